The number of anilines is 1. The fourth-order valence-electron chi connectivity index (χ4n) is 3.86. The summed E-state index contributed by atoms with van der Waals surface area (Å²) in [5.41, 5.74) is 3.12. The number of benzene rings is 2. The molecule has 0 atom stereocenters. The first-order valence-corrected chi connectivity index (χ1v) is 11.0. The molecule has 6 nitrogen and oxygen atoms in total. The van der Waals surface area contributed by atoms with Gasteiger partial charge in [0.25, 0.3) is 0 Å². The monoisotopic (exact) mass is 456 g/mol. The molecule has 0 fully saturated rings. The summed E-state index contributed by atoms with van der Waals surface area (Å²) >= 11 is 0. The molecule has 0 spiro atoms. The van der Waals surface area contributed by atoms with Crippen molar-refractivity contribution < 1.29 is 8.78 Å². The molecule has 34 heavy (non-hydrogen) atoms. The van der Waals surface area contributed by atoms with Crippen LogP contribution in [0.1, 0.15) is 16.8 Å². The van der Waals surface area contributed by atoms with E-state index in [1.807, 2.05) is 31.2 Å². The number of rotatable bonds is 7. The Kier molecular flexibility index (Phi) is 5.95. The van der Waals surface area contributed by atoms with E-state index < -0.39 is 0 Å². The Balaban J connectivity index is 1.45. The third kappa shape index (κ3) is 4.47. The fraction of sp³-hybridized carbons (Fsp3) is 0.154. The summed E-state index contributed by atoms with van der Waals surface area (Å²) in [6, 6.07) is 18.9. The molecule has 0 radical (unpaired) electrons. The van der Waals surface area contributed by atoms with E-state index in [-0.39, 0.29) is 18.2 Å². The molecule has 1 N–H and O–H groups in total. The summed E-state index contributed by atoms with van der Waals surface area (Å²) in [5.74, 6) is 0.554. The lowest BCUT2D eigenvalue weighted by molar-refractivity contribution is 0.589. The van der Waals surface area contributed by atoms with Gasteiger partial charge in [-0.2, -0.15) is 5.10 Å². The van der Waals surface area contributed by atoms with Crippen LogP contribution in [0.3, 0.4) is 0 Å². The van der Waals surface area contributed by atoms with Crippen LogP contribution in [0.4, 0.5) is 14.6 Å². The van der Waals surface area contributed by atoms with E-state index in [2.05, 4.69) is 20.3 Å². The Hall–Kier alpha value is -4.20. The highest BCUT2D eigenvalue weighted by Crippen LogP contribution is 2.26. The first kappa shape index (κ1) is 21.6. The summed E-state index contributed by atoms with van der Waals surface area (Å²) in [5, 5.41) is 8.74. The second-order valence-corrected chi connectivity index (χ2v) is 7.96. The molecule has 0 aliphatic carbocycles. The highest BCUT2D eigenvalue weighted by molar-refractivity contribution is 5.89. The quantitative estimate of drug-likeness (QED) is 0.366. The molecule has 0 saturated heterocycles. The molecule has 170 valence electrons. The zero-order valence-corrected chi connectivity index (χ0v) is 18.5. The minimum Gasteiger partial charge on any atom is -0.370 e. The van der Waals surface area contributed by atoms with E-state index in [1.165, 1.54) is 12.1 Å². The highest BCUT2D eigenvalue weighted by atomic mass is 19.1. The Morgan fingerprint density at radius 1 is 0.882 bits per heavy atom. The van der Waals surface area contributed by atoms with Gasteiger partial charge in [0, 0.05) is 30.1 Å². The predicted molar refractivity (Wildman–Crippen MR) is 127 cm³/mol. The molecule has 0 unspecified atom stereocenters. The molecular formula is C26H22F2N6. The van der Waals surface area contributed by atoms with Crippen LogP contribution >= 0.6 is 0 Å². The number of halogens is 2. The SMILES string of the molecule is Cc1cc(NCCc2ccccc2F)nc(-c2nn(Cc3ccccc3F)c3ncccc23)n1. The topological polar surface area (TPSA) is 68.5 Å². The van der Waals surface area contributed by atoms with Crippen LogP contribution in [0, 0.1) is 18.6 Å². The summed E-state index contributed by atoms with van der Waals surface area (Å²) in [6.07, 6.45) is 2.20. The van der Waals surface area contributed by atoms with Crippen LogP contribution in [-0.4, -0.2) is 31.3 Å². The average Bonchev–Trinajstić information content (AvgIpc) is 3.20. The van der Waals surface area contributed by atoms with E-state index in [0.717, 1.165) is 11.1 Å². The number of hydrogen-bond acceptors (Lipinski definition) is 5. The first-order valence-electron chi connectivity index (χ1n) is 11.0. The number of nitrogens with one attached hydrogen (secondary N) is 1. The number of nitrogens with zero attached hydrogens (tertiary/aromatic N) is 5. The lowest BCUT2D eigenvalue weighted by Gasteiger charge is -2.08. The Morgan fingerprint density at radius 3 is 2.38 bits per heavy atom. The zero-order valence-electron chi connectivity index (χ0n) is 18.5. The second kappa shape index (κ2) is 9.35. The van der Waals surface area contributed by atoms with Crippen LogP contribution in [0.15, 0.2) is 72.9 Å². The maximum Gasteiger partial charge on any atom is 0.183 e. The number of hydrogen-bond donors (Lipinski definition) is 1. The van der Waals surface area contributed by atoms with Crippen LogP contribution in [0.5, 0.6) is 0 Å². The van der Waals surface area contributed by atoms with Crippen molar-refractivity contribution in [1.29, 1.82) is 0 Å². The molecule has 5 aromatic rings. The molecule has 0 aliphatic rings. The lowest BCUT2D eigenvalue weighted by Crippen LogP contribution is -2.09. The molecule has 0 aliphatic heterocycles. The van der Waals surface area contributed by atoms with Gasteiger partial charge < -0.3 is 5.32 Å². The fourth-order valence-corrected chi connectivity index (χ4v) is 3.86. The van der Waals surface area contributed by atoms with Gasteiger partial charge in [-0.1, -0.05) is 36.4 Å². The summed E-state index contributed by atoms with van der Waals surface area (Å²) in [7, 11) is 0. The van der Waals surface area contributed by atoms with Gasteiger partial charge in [-0.05, 0) is 43.2 Å². The molecule has 2 aromatic carbocycles. The molecule has 8 heteroatoms. The van der Waals surface area contributed by atoms with Crippen molar-refractivity contribution in [1.82, 2.24) is 24.7 Å². The Morgan fingerprint density at radius 2 is 1.62 bits per heavy atom. The summed E-state index contributed by atoms with van der Waals surface area (Å²) in [4.78, 5) is 13.7. The maximum atomic E-state index is 14.3. The van der Waals surface area contributed by atoms with E-state index in [4.69, 9.17) is 5.10 Å². The zero-order chi connectivity index (χ0) is 23.5. The van der Waals surface area contributed by atoms with Gasteiger partial charge in [-0.25, -0.2) is 28.4 Å². The first-order chi connectivity index (χ1) is 16.6. The van der Waals surface area contributed by atoms with E-state index in [1.54, 1.807) is 41.2 Å². The molecule has 5 rings (SSSR count). The number of aryl methyl sites for hydroxylation is 1. The van der Waals surface area contributed by atoms with Crippen molar-refractivity contribution in [3.63, 3.8) is 0 Å². The van der Waals surface area contributed by atoms with Gasteiger partial charge in [0.15, 0.2) is 11.5 Å². The minimum atomic E-state index is -0.295. The second-order valence-electron chi connectivity index (χ2n) is 7.96. The van der Waals surface area contributed by atoms with Crippen molar-refractivity contribution in [3.8, 4) is 11.5 Å². The molecule has 3 heterocycles. The molecule has 0 bridgehead atoms. The predicted octanol–water partition coefficient (Wildman–Crippen LogP) is 5.18. The molecule has 3 aromatic heterocycles. The average molecular weight is 457 g/mol. The molecular weight excluding hydrogens is 434 g/mol. The van der Waals surface area contributed by atoms with Gasteiger partial charge in [-0.15, -0.1) is 0 Å². The standard InChI is InChI=1S/C26H22F2N6/c1-17-15-23(29-14-12-18-7-2-4-10-21(18)27)32-25(31-17)24-20-9-6-13-30-26(20)34(33-24)16-19-8-3-5-11-22(19)28/h2-11,13,15H,12,14,16H2,1H3,(H,29,31,32). The summed E-state index contributed by atoms with van der Waals surface area (Å²) in [6.45, 7) is 2.63. The third-order valence-electron chi connectivity index (χ3n) is 5.51. The van der Waals surface area contributed by atoms with Crippen molar-refractivity contribution in [2.24, 2.45) is 0 Å². The van der Waals surface area contributed by atoms with Crippen molar-refractivity contribution >= 4 is 16.9 Å². The Bertz CT molecular complexity index is 1460. The third-order valence-corrected chi connectivity index (χ3v) is 5.51. The Labute approximate surface area is 195 Å². The molecule has 0 amide bonds. The number of fused-ring (bicyclic) bond motifs is 1. The van der Waals surface area contributed by atoms with Crippen molar-refractivity contribution in [3.05, 3.63) is 101 Å². The van der Waals surface area contributed by atoms with Crippen LogP contribution in [0.25, 0.3) is 22.6 Å². The van der Waals surface area contributed by atoms with E-state index in [0.29, 0.717) is 47.1 Å². The smallest absolute Gasteiger partial charge is 0.183 e. The highest BCUT2D eigenvalue weighted by Gasteiger charge is 2.17. The number of aromatic nitrogens is 5. The van der Waals surface area contributed by atoms with Gasteiger partial charge in [0.1, 0.15) is 23.1 Å². The van der Waals surface area contributed by atoms with Crippen LogP contribution in [0.2, 0.25) is 0 Å². The van der Waals surface area contributed by atoms with Gasteiger partial charge >= 0.3 is 0 Å². The molecule has 0 saturated carbocycles. The van der Waals surface area contributed by atoms with E-state index in [9.17, 15) is 8.78 Å². The normalized spacial score (nSPS) is 11.1. The van der Waals surface area contributed by atoms with Gasteiger partial charge in [0.05, 0.1) is 11.9 Å². The van der Waals surface area contributed by atoms with Crippen molar-refractivity contribution in [2.75, 3.05) is 11.9 Å². The summed E-state index contributed by atoms with van der Waals surface area (Å²) < 4.78 is 29.8. The van der Waals surface area contributed by atoms with Gasteiger partial charge in [-0.3, -0.25) is 0 Å². The van der Waals surface area contributed by atoms with Crippen LogP contribution < -0.4 is 5.32 Å². The minimum absolute atomic E-state index is 0.219. The van der Waals surface area contributed by atoms with Crippen LogP contribution in [-0.2, 0) is 13.0 Å². The van der Waals surface area contributed by atoms with Crippen molar-refractivity contribution in [2.45, 2.75) is 19.9 Å². The van der Waals surface area contributed by atoms with Gasteiger partial charge in [0.2, 0.25) is 0 Å². The number of pyridine rings is 1. The largest absolute Gasteiger partial charge is 0.370 e. The maximum absolute atomic E-state index is 14.3. The van der Waals surface area contributed by atoms with E-state index >= 15 is 0 Å². The lowest BCUT2D eigenvalue weighted by atomic mass is 10.1.